The lowest BCUT2D eigenvalue weighted by molar-refractivity contribution is 0.102. The van der Waals surface area contributed by atoms with Crippen LogP contribution in [0.2, 0.25) is 0 Å². The summed E-state index contributed by atoms with van der Waals surface area (Å²) in [4.78, 5) is 21.2. The highest BCUT2D eigenvalue weighted by Gasteiger charge is 2.24. The number of halogens is 1. The monoisotopic (exact) mass is 581 g/mol. The van der Waals surface area contributed by atoms with Crippen molar-refractivity contribution in [2.45, 2.75) is 44.2 Å². The van der Waals surface area contributed by atoms with Crippen molar-refractivity contribution in [1.82, 2.24) is 19.6 Å². The summed E-state index contributed by atoms with van der Waals surface area (Å²) in [5, 5.41) is 10.5. The van der Waals surface area contributed by atoms with Gasteiger partial charge in [0.1, 0.15) is 11.6 Å². The smallest absolute Gasteiger partial charge is 0.276 e. The van der Waals surface area contributed by atoms with E-state index in [1.54, 1.807) is 13.2 Å². The molecule has 1 aliphatic carbocycles. The van der Waals surface area contributed by atoms with Crippen molar-refractivity contribution in [3.8, 4) is 5.75 Å². The van der Waals surface area contributed by atoms with Crippen molar-refractivity contribution in [2.75, 3.05) is 28.6 Å². The topological polar surface area (TPSA) is 163 Å². The summed E-state index contributed by atoms with van der Waals surface area (Å²) < 4.78 is 46.8. The van der Waals surface area contributed by atoms with E-state index in [1.165, 1.54) is 27.3 Å². The van der Waals surface area contributed by atoms with Gasteiger partial charge < -0.3 is 25.7 Å². The number of carbonyl (C=O) groups is 1. The summed E-state index contributed by atoms with van der Waals surface area (Å²) in [5.74, 6) is -0.305. The largest absolute Gasteiger partial charge is 0.755 e. The number of carbonyl (C=O) groups excluding carboxylic acids is 1. The van der Waals surface area contributed by atoms with Gasteiger partial charge in [-0.15, -0.1) is 5.10 Å². The molecule has 1 aliphatic rings. The number of hydrogen-bond donors (Lipinski definition) is 3. The molecule has 1 atom stereocenters. The van der Waals surface area contributed by atoms with Crippen molar-refractivity contribution in [2.24, 2.45) is 5.73 Å². The molecule has 1 amide bonds. The van der Waals surface area contributed by atoms with Crippen molar-refractivity contribution in [3.63, 3.8) is 0 Å². The van der Waals surface area contributed by atoms with Crippen LogP contribution in [-0.4, -0.2) is 60.0 Å². The Morgan fingerprint density at radius 3 is 2.66 bits per heavy atom. The molecule has 1 unspecified atom stereocenters. The number of hydrogen-bond acceptors (Lipinski definition) is 9. The number of amides is 1. The van der Waals surface area contributed by atoms with E-state index in [4.69, 9.17) is 10.5 Å². The molecule has 0 bridgehead atoms. The number of imidazole rings is 1. The van der Waals surface area contributed by atoms with Gasteiger partial charge in [0, 0.05) is 42.2 Å². The molecule has 3 aromatic heterocycles. The Bertz CT molecular complexity index is 1540. The Morgan fingerprint density at radius 1 is 1.22 bits per heavy atom. The quantitative estimate of drug-likeness (QED) is 0.239. The number of ether oxygens (including phenoxy) is 1. The highest BCUT2D eigenvalue weighted by molar-refractivity contribution is 7.80. The van der Waals surface area contributed by atoms with Gasteiger partial charge in [0.25, 0.3) is 5.91 Å². The SMILES string of the molecule is COc1ccc(CCN(c2cc(NC3CCC(N)CC3)nn3c(C(=O)Nc4ccncc4F)cnc23)S(=O)[O-])cc1. The minimum atomic E-state index is -2.67. The van der Waals surface area contributed by atoms with E-state index in [0.29, 0.717) is 18.0 Å². The second-order valence-electron chi connectivity index (χ2n) is 9.78. The van der Waals surface area contributed by atoms with Crippen LogP contribution in [-0.2, 0) is 17.7 Å². The first kappa shape index (κ1) is 28.4. The van der Waals surface area contributed by atoms with Crippen LogP contribution in [0.25, 0.3) is 5.65 Å². The van der Waals surface area contributed by atoms with Crippen LogP contribution in [0.1, 0.15) is 41.7 Å². The molecule has 41 heavy (non-hydrogen) atoms. The van der Waals surface area contributed by atoms with E-state index in [2.05, 4.69) is 25.7 Å². The zero-order valence-corrected chi connectivity index (χ0v) is 23.1. The first-order chi connectivity index (χ1) is 19.8. The maximum Gasteiger partial charge on any atom is 0.276 e. The van der Waals surface area contributed by atoms with E-state index in [-0.39, 0.29) is 41.3 Å². The molecule has 0 spiro atoms. The third kappa shape index (κ3) is 6.61. The predicted octanol–water partition coefficient (Wildman–Crippen LogP) is 3.05. The number of methoxy groups -OCH3 is 1. The number of nitrogens with two attached hydrogens (primary N) is 1. The van der Waals surface area contributed by atoms with Crippen molar-refractivity contribution in [1.29, 1.82) is 0 Å². The molecular weight excluding hydrogens is 551 g/mol. The van der Waals surface area contributed by atoms with Crippen molar-refractivity contribution < 1.29 is 22.7 Å². The number of fused-ring (bicyclic) bond motifs is 1. The molecule has 1 aromatic carbocycles. The first-order valence-electron chi connectivity index (χ1n) is 13.1. The minimum absolute atomic E-state index is 0.00133. The van der Waals surface area contributed by atoms with Gasteiger partial charge in [-0.2, -0.15) is 0 Å². The predicted molar refractivity (Wildman–Crippen MR) is 152 cm³/mol. The zero-order valence-electron chi connectivity index (χ0n) is 22.3. The van der Waals surface area contributed by atoms with E-state index in [0.717, 1.165) is 37.4 Å². The number of nitrogens with zero attached hydrogens (tertiary/aromatic N) is 5. The number of anilines is 3. The van der Waals surface area contributed by atoms with Gasteiger partial charge in [-0.1, -0.05) is 12.1 Å². The molecule has 14 heteroatoms. The van der Waals surface area contributed by atoms with E-state index in [9.17, 15) is 17.9 Å². The molecule has 1 saturated carbocycles. The molecule has 0 aliphatic heterocycles. The number of aromatic nitrogens is 4. The van der Waals surface area contributed by atoms with Gasteiger partial charge in [0.2, 0.25) is 0 Å². The number of nitrogens with one attached hydrogen (secondary N) is 2. The second-order valence-corrected chi connectivity index (χ2v) is 10.7. The highest BCUT2D eigenvalue weighted by Crippen LogP contribution is 2.28. The Morgan fingerprint density at radius 2 is 1.98 bits per heavy atom. The van der Waals surface area contributed by atoms with Crippen LogP contribution >= 0.6 is 0 Å². The van der Waals surface area contributed by atoms with Gasteiger partial charge in [-0.05, 0) is 55.9 Å². The summed E-state index contributed by atoms with van der Waals surface area (Å²) in [6.45, 7) is 0.108. The fourth-order valence-corrected chi connectivity index (χ4v) is 5.33. The lowest BCUT2D eigenvalue weighted by Crippen LogP contribution is -2.33. The summed E-state index contributed by atoms with van der Waals surface area (Å²) in [6, 6.07) is 10.5. The number of pyridine rings is 1. The lowest BCUT2D eigenvalue weighted by atomic mass is 9.92. The lowest BCUT2D eigenvalue weighted by Gasteiger charge is -2.29. The normalized spacial score (nSPS) is 17.7. The molecule has 12 nitrogen and oxygen atoms in total. The number of rotatable bonds is 10. The maximum absolute atomic E-state index is 14.2. The van der Waals surface area contributed by atoms with Crippen LogP contribution in [0.3, 0.4) is 0 Å². The first-order valence-corrected chi connectivity index (χ1v) is 14.2. The van der Waals surface area contributed by atoms with Crippen LogP contribution in [0.15, 0.2) is 55.0 Å². The van der Waals surface area contributed by atoms with Crippen LogP contribution in [0, 0.1) is 5.82 Å². The van der Waals surface area contributed by atoms with Crippen molar-refractivity contribution >= 4 is 40.0 Å². The summed E-state index contributed by atoms with van der Waals surface area (Å²) in [6.07, 6.45) is 7.37. The van der Waals surface area contributed by atoms with Crippen LogP contribution in [0.5, 0.6) is 5.75 Å². The molecule has 1 fully saturated rings. The third-order valence-corrected chi connectivity index (χ3v) is 7.78. The van der Waals surface area contributed by atoms with Gasteiger partial charge in [0.15, 0.2) is 17.2 Å². The molecule has 4 N–H and O–H groups in total. The Labute approximate surface area is 238 Å². The Kier molecular flexibility index (Phi) is 8.71. The summed E-state index contributed by atoms with van der Waals surface area (Å²) >= 11 is -2.67. The van der Waals surface area contributed by atoms with Gasteiger partial charge >= 0.3 is 0 Å². The molecule has 216 valence electrons. The van der Waals surface area contributed by atoms with E-state index in [1.807, 2.05) is 24.3 Å². The van der Waals surface area contributed by atoms with Crippen molar-refractivity contribution in [3.05, 3.63) is 72.1 Å². The third-order valence-electron chi connectivity index (χ3n) is 7.04. The summed E-state index contributed by atoms with van der Waals surface area (Å²) in [5.41, 5.74) is 7.30. The fourth-order valence-electron chi connectivity index (χ4n) is 4.79. The van der Waals surface area contributed by atoms with Gasteiger partial charge in [0.05, 0.1) is 30.9 Å². The standard InChI is InChI=1S/C27H31FN8O4S/c1-40-20-8-2-17(3-9-20)11-13-35(41(38)39)23-14-25(32-19-6-4-18(29)5-7-19)34-36-24(16-31-26(23)36)27(37)33-22-10-12-30-15-21(22)28/h2-3,8-10,12,14-16,18-19H,4-7,11,13,29H2,1H3,(H,32,34)(H,38,39)(H,30,33,37)/p-1. The molecule has 0 saturated heterocycles. The fraction of sp³-hybridized carbons (Fsp3) is 0.333. The van der Waals surface area contributed by atoms with E-state index < -0.39 is 23.0 Å². The second kappa shape index (κ2) is 12.6. The average Bonchev–Trinajstić information content (AvgIpc) is 3.40. The van der Waals surface area contributed by atoms with Gasteiger partial charge in [-0.3, -0.25) is 18.3 Å². The Balaban J connectivity index is 1.50. The minimum Gasteiger partial charge on any atom is -0.755 e. The van der Waals surface area contributed by atoms with Crippen LogP contribution < -0.4 is 25.4 Å². The Hall–Kier alpha value is -4.14. The molecule has 5 rings (SSSR count). The molecule has 4 aromatic rings. The molecule has 3 heterocycles. The van der Waals surface area contributed by atoms with Gasteiger partial charge in [-0.25, -0.2) is 13.9 Å². The average molecular weight is 582 g/mol. The van der Waals surface area contributed by atoms with E-state index >= 15 is 0 Å². The zero-order chi connectivity index (χ0) is 28.9. The maximum atomic E-state index is 14.2. The molecular formula is C27H30FN8O4S-. The number of benzene rings is 1. The highest BCUT2D eigenvalue weighted by atomic mass is 32.2. The molecule has 0 radical (unpaired) electrons. The van der Waals surface area contributed by atoms with Crippen LogP contribution in [0.4, 0.5) is 21.6 Å². The summed E-state index contributed by atoms with van der Waals surface area (Å²) in [7, 11) is 1.58.